The lowest BCUT2D eigenvalue weighted by Gasteiger charge is -2.33. The Hall–Kier alpha value is -0.770. The molecule has 1 aliphatic rings. The summed E-state index contributed by atoms with van der Waals surface area (Å²) in [6, 6.07) is -0.102. The maximum absolute atomic E-state index is 10.7. The largest absolute Gasteiger partial charge is 0.351 e. The van der Waals surface area contributed by atoms with Crippen molar-refractivity contribution in [1.82, 2.24) is 4.90 Å². The SMILES string of the molecule is CC1CN(C(N)=O)CCC1N. The van der Waals surface area contributed by atoms with Crippen LogP contribution in [-0.2, 0) is 0 Å². The zero-order valence-electron chi connectivity index (χ0n) is 6.79. The van der Waals surface area contributed by atoms with Gasteiger partial charge in [-0.2, -0.15) is 0 Å². The van der Waals surface area contributed by atoms with Crippen molar-refractivity contribution < 1.29 is 4.79 Å². The van der Waals surface area contributed by atoms with E-state index < -0.39 is 0 Å². The van der Waals surface area contributed by atoms with E-state index in [4.69, 9.17) is 11.5 Å². The van der Waals surface area contributed by atoms with Gasteiger partial charge < -0.3 is 16.4 Å². The summed E-state index contributed by atoms with van der Waals surface area (Å²) in [6.07, 6.45) is 0.865. The van der Waals surface area contributed by atoms with Gasteiger partial charge in [-0.05, 0) is 12.3 Å². The molecule has 0 aromatic heterocycles. The van der Waals surface area contributed by atoms with Crippen molar-refractivity contribution in [3.63, 3.8) is 0 Å². The Bertz CT molecular complexity index is 160. The molecule has 0 radical (unpaired) electrons. The molecule has 4 nitrogen and oxygen atoms in total. The van der Waals surface area contributed by atoms with Crippen molar-refractivity contribution in [2.45, 2.75) is 19.4 Å². The Balaban J connectivity index is 2.46. The van der Waals surface area contributed by atoms with Crippen LogP contribution in [0.4, 0.5) is 4.79 Å². The minimum atomic E-state index is -0.330. The van der Waals surface area contributed by atoms with Gasteiger partial charge in [-0.1, -0.05) is 6.92 Å². The van der Waals surface area contributed by atoms with E-state index in [1.54, 1.807) is 4.90 Å². The van der Waals surface area contributed by atoms with Gasteiger partial charge in [-0.15, -0.1) is 0 Å². The standard InChI is InChI=1S/C7H15N3O/c1-5-4-10(7(9)11)3-2-6(5)8/h5-6H,2-4,8H2,1H3,(H2,9,11). The highest BCUT2D eigenvalue weighted by atomic mass is 16.2. The van der Waals surface area contributed by atoms with Gasteiger partial charge in [0, 0.05) is 19.1 Å². The van der Waals surface area contributed by atoms with Crippen LogP contribution >= 0.6 is 0 Å². The van der Waals surface area contributed by atoms with Crippen LogP contribution in [0.3, 0.4) is 0 Å². The van der Waals surface area contributed by atoms with Gasteiger partial charge in [-0.3, -0.25) is 0 Å². The van der Waals surface area contributed by atoms with Crippen LogP contribution in [0, 0.1) is 5.92 Å². The average molecular weight is 157 g/mol. The summed E-state index contributed by atoms with van der Waals surface area (Å²) in [6.45, 7) is 3.46. The predicted octanol–water partition coefficient (Wildman–Crippen LogP) is -0.266. The Kier molecular flexibility index (Phi) is 2.34. The number of primary amides is 1. The molecule has 64 valence electrons. The number of piperidine rings is 1. The number of urea groups is 1. The maximum atomic E-state index is 10.7. The molecule has 2 unspecified atom stereocenters. The molecule has 11 heavy (non-hydrogen) atoms. The van der Waals surface area contributed by atoms with Crippen molar-refractivity contribution in [3.05, 3.63) is 0 Å². The van der Waals surface area contributed by atoms with Gasteiger partial charge in [-0.25, -0.2) is 4.79 Å². The molecule has 1 rings (SSSR count). The van der Waals surface area contributed by atoms with Crippen LogP contribution in [0.25, 0.3) is 0 Å². The molecule has 1 fully saturated rings. The van der Waals surface area contributed by atoms with Crippen molar-refractivity contribution >= 4 is 6.03 Å². The molecule has 1 aliphatic heterocycles. The van der Waals surface area contributed by atoms with E-state index in [1.807, 2.05) is 6.92 Å². The molecule has 1 saturated heterocycles. The first kappa shape index (κ1) is 8.33. The second-order valence-corrected chi connectivity index (χ2v) is 3.21. The number of carbonyl (C=O) groups excluding carboxylic acids is 1. The summed E-state index contributed by atoms with van der Waals surface area (Å²) in [5.41, 5.74) is 10.9. The Morgan fingerprint density at radius 2 is 2.27 bits per heavy atom. The second kappa shape index (κ2) is 3.09. The molecule has 0 aliphatic carbocycles. The molecular weight excluding hydrogens is 142 g/mol. The van der Waals surface area contributed by atoms with Crippen LogP contribution in [0.5, 0.6) is 0 Å². The highest BCUT2D eigenvalue weighted by molar-refractivity contribution is 5.72. The summed E-state index contributed by atoms with van der Waals surface area (Å²) >= 11 is 0. The molecule has 0 aromatic rings. The Labute approximate surface area is 66.5 Å². The van der Waals surface area contributed by atoms with Crippen LogP contribution in [0.15, 0.2) is 0 Å². The molecule has 4 heteroatoms. The number of hydrogen-bond donors (Lipinski definition) is 2. The third-order valence-corrected chi connectivity index (χ3v) is 2.28. The summed E-state index contributed by atoms with van der Waals surface area (Å²) in [5.74, 6) is 0.372. The fourth-order valence-electron chi connectivity index (χ4n) is 1.36. The average Bonchev–Trinajstić information content (AvgIpc) is 1.94. The lowest BCUT2D eigenvalue weighted by Crippen LogP contribution is -2.49. The number of likely N-dealkylation sites (tertiary alicyclic amines) is 1. The van der Waals surface area contributed by atoms with Gasteiger partial charge in [0.15, 0.2) is 0 Å². The Morgan fingerprint density at radius 3 is 2.73 bits per heavy atom. The summed E-state index contributed by atoms with van der Waals surface area (Å²) < 4.78 is 0. The summed E-state index contributed by atoms with van der Waals surface area (Å²) in [5, 5.41) is 0. The first-order valence-corrected chi connectivity index (χ1v) is 3.91. The fourth-order valence-corrected chi connectivity index (χ4v) is 1.36. The third-order valence-electron chi connectivity index (χ3n) is 2.28. The lowest BCUT2D eigenvalue weighted by atomic mass is 9.95. The first-order valence-electron chi connectivity index (χ1n) is 3.91. The van der Waals surface area contributed by atoms with Crippen molar-refractivity contribution in [1.29, 1.82) is 0 Å². The fraction of sp³-hybridized carbons (Fsp3) is 0.857. The molecule has 0 saturated carbocycles. The van der Waals surface area contributed by atoms with Gasteiger partial charge in [0.05, 0.1) is 0 Å². The lowest BCUT2D eigenvalue weighted by molar-refractivity contribution is 0.168. The van der Waals surface area contributed by atoms with E-state index in [2.05, 4.69) is 0 Å². The number of hydrogen-bond acceptors (Lipinski definition) is 2. The zero-order valence-corrected chi connectivity index (χ0v) is 6.79. The smallest absolute Gasteiger partial charge is 0.314 e. The minimum absolute atomic E-state index is 0.227. The zero-order chi connectivity index (χ0) is 8.43. The monoisotopic (exact) mass is 157 g/mol. The normalized spacial score (nSPS) is 32.0. The van der Waals surface area contributed by atoms with Crippen molar-refractivity contribution in [2.75, 3.05) is 13.1 Å². The molecule has 0 bridgehead atoms. The molecule has 0 aromatic carbocycles. The number of nitrogens with two attached hydrogens (primary N) is 2. The quantitative estimate of drug-likeness (QED) is 0.508. The molecule has 4 N–H and O–H groups in total. The molecular formula is C7H15N3O. The van der Waals surface area contributed by atoms with Crippen molar-refractivity contribution in [2.24, 2.45) is 17.4 Å². The van der Waals surface area contributed by atoms with Crippen molar-refractivity contribution in [3.8, 4) is 0 Å². The highest BCUT2D eigenvalue weighted by Gasteiger charge is 2.24. The number of amides is 2. The van der Waals surface area contributed by atoms with E-state index in [1.165, 1.54) is 0 Å². The predicted molar refractivity (Wildman–Crippen MR) is 42.9 cm³/mol. The number of carbonyl (C=O) groups is 1. The maximum Gasteiger partial charge on any atom is 0.314 e. The minimum Gasteiger partial charge on any atom is -0.351 e. The highest BCUT2D eigenvalue weighted by Crippen LogP contribution is 2.13. The molecule has 2 amide bonds. The van der Waals surface area contributed by atoms with E-state index in [-0.39, 0.29) is 12.1 Å². The summed E-state index contributed by atoms with van der Waals surface area (Å²) in [4.78, 5) is 12.4. The van der Waals surface area contributed by atoms with E-state index in [0.29, 0.717) is 19.0 Å². The topological polar surface area (TPSA) is 72.3 Å². The Morgan fingerprint density at radius 1 is 1.64 bits per heavy atom. The summed E-state index contributed by atoms with van der Waals surface area (Å²) in [7, 11) is 0. The van der Waals surface area contributed by atoms with Gasteiger partial charge in [0.1, 0.15) is 0 Å². The molecule has 1 heterocycles. The van der Waals surface area contributed by atoms with E-state index in [0.717, 1.165) is 6.42 Å². The van der Waals surface area contributed by atoms with Gasteiger partial charge in [0.2, 0.25) is 0 Å². The van der Waals surface area contributed by atoms with E-state index >= 15 is 0 Å². The second-order valence-electron chi connectivity index (χ2n) is 3.21. The van der Waals surface area contributed by atoms with Crippen LogP contribution in [0.2, 0.25) is 0 Å². The number of rotatable bonds is 0. The van der Waals surface area contributed by atoms with Gasteiger partial charge in [0.25, 0.3) is 0 Å². The third kappa shape index (κ3) is 1.83. The molecule has 2 atom stereocenters. The number of nitrogens with zero attached hydrogens (tertiary/aromatic N) is 1. The van der Waals surface area contributed by atoms with Crippen LogP contribution in [0.1, 0.15) is 13.3 Å². The first-order chi connectivity index (χ1) is 5.11. The van der Waals surface area contributed by atoms with Crippen LogP contribution < -0.4 is 11.5 Å². The van der Waals surface area contributed by atoms with E-state index in [9.17, 15) is 4.79 Å². The van der Waals surface area contributed by atoms with Crippen LogP contribution in [-0.4, -0.2) is 30.1 Å². The van der Waals surface area contributed by atoms with Gasteiger partial charge >= 0.3 is 6.03 Å². The molecule has 0 spiro atoms.